The first kappa shape index (κ1) is 14.1. The van der Waals surface area contributed by atoms with Crippen LogP contribution in [-0.4, -0.2) is 18.0 Å². The first-order chi connectivity index (χ1) is 7.99. The third-order valence-corrected chi connectivity index (χ3v) is 2.69. The molecule has 7 heteroatoms. The minimum atomic E-state index is -4.40. The highest BCUT2D eigenvalue weighted by atomic mass is 32.2. The Bertz CT molecular complexity index is 371. The Morgan fingerprint density at radius 2 is 2.06 bits per heavy atom. The van der Waals surface area contributed by atoms with Gasteiger partial charge in [-0.05, 0) is 30.4 Å². The number of nitrogens with one attached hydrogen (secondary N) is 2. The van der Waals surface area contributed by atoms with Crippen LogP contribution in [0.5, 0.6) is 0 Å². The van der Waals surface area contributed by atoms with Gasteiger partial charge in [0, 0.05) is 6.54 Å². The molecule has 1 rings (SSSR count). The van der Waals surface area contributed by atoms with Gasteiger partial charge in [0.25, 0.3) is 0 Å². The van der Waals surface area contributed by atoms with Gasteiger partial charge in [-0.1, -0.05) is 18.0 Å². The lowest BCUT2D eigenvalue weighted by Crippen LogP contribution is -2.11. The van der Waals surface area contributed by atoms with Gasteiger partial charge in [0.05, 0.1) is 11.3 Å². The molecule has 1 aromatic rings. The van der Waals surface area contributed by atoms with Crippen molar-refractivity contribution in [2.45, 2.75) is 12.6 Å². The molecule has 0 aliphatic rings. The van der Waals surface area contributed by atoms with Crippen LogP contribution >= 0.6 is 11.9 Å². The average Bonchev–Trinajstić information content (AvgIpc) is 2.28. The quantitative estimate of drug-likeness (QED) is 0.435. The van der Waals surface area contributed by atoms with Gasteiger partial charge in [-0.2, -0.15) is 13.2 Å². The summed E-state index contributed by atoms with van der Waals surface area (Å²) in [5.41, 5.74) is 1.73. The molecule has 0 radical (unpaired) electrons. The molecule has 0 aliphatic heterocycles. The lowest BCUT2D eigenvalue weighted by atomic mass is 10.1. The molecule has 0 aromatic heterocycles. The van der Waals surface area contributed by atoms with Crippen LogP contribution in [0.15, 0.2) is 18.2 Å². The summed E-state index contributed by atoms with van der Waals surface area (Å²) < 4.78 is 40.2. The molecule has 0 bridgehead atoms. The van der Waals surface area contributed by atoms with Crippen molar-refractivity contribution >= 4 is 17.6 Å². The van der Waals surface area contributed by atoms with Gasteiger partial charge in [-0.15, -0.1) is 0 Å². The van der Waals surface area contributed by atoms with Crippen molar-refractivity contribution in [1.29, 1.82) is 0 Å². The second-order valence-electron chi connectivity index (χ2n) is 3.33. The fraction of sp³-hybridized carbons (Fsp3) is 0.400. The molecule has 0 unspecified atom stereocenters. The van der Waals surface area contributed by atoms with E-state index in [1.807, 2.05) is 6.26 Å². The molecule has 3 N–H and O–H groups in total. The minimum absolute atomic E-state index is 0.0859. The van der Waals surface area contributed by atoms with Crippen LogP contribution < -0.4 is 10.2 Å². The van der Waals surface area contributed by atoms with Gasteiger partial charge < -0.3 is 0 Å². The number of anilines is 1. The van der Waals surface area contributed by atoms with Crippen molar-refractivity contribution in [3.8, 4) is 0 Å². The van der Waals surface area contributed by atoms with Crippen LogP contribution in [0.4, 0.5) is 18.9 Å². The Balaban J connectivity index is 2.86. The van der Waals surface area contributed by atoms with E-state index in [4.69, 9.17) is 5.21 Å². The summed E-state index contributed by atoms with van der Waals surface area (Å²) in [7, 11) is 0. The Morgan fingerprint density at radius 3 is 2.59 bits per heavy atom. The van der Waals surface area contributed by atoms with Crippen molar-refractivity contribution in [3.63, 3.8) is 0 Å². The zero-order chi connectivity index (χ0) is 12.9. The van der Waals surface area contributed by atoms with Crippen molar-refractivity contribution in [1.82, 2.24) is 4.72 Å². The van der Waals surface area contributed by atoms with Crippen molar-refractivity contribution < 1.29 is 18.4 Å². The van der Waals surface area contributed by atoms with Crippen LogP contribution in [0.1, 0.15) is 11.1 Å². The number of rotatable bonds is 5. The Morgan fingerprint density at radius 1 is 1.35 bits per heavy atom. The van der Waals surface area contributed by atoms with Crippen molar-refractivity contribution in [3.05, 3.63) is 29.3 Å². The van der Waals surface area contributed by atoms with Crippen LogP contribution in [-0.2, 0) is 12.6 Å². The monoisotopic (exact) mass is 266 g/mol. The fourth-order valence-corrected chi connectivity index (χ4v) is 1.67. The topological polar surface area (TPSA) is 44.3 Å². The third kappa shape index (κ3) is 4.10. The molecule has 0 heterocycles. The predicted octanol–water partition coefficient (Wildman–Crippen LogP) is 2.92. The van der Waals surface area contributed by atoms with E-state index >= 15 is 0 Å². The first-order valence-electron chi connectivity index (χ1n) is 4.85. The zero-order valence-electron chi connectivity index (χ0n) is 9.14. The molecule has 3 nitrogen and oxygen atoms in total. The van der Waals surface area contributed by atoms with E-state index in [1.165, 1.54) is 18.0 Å². The van der Waals surface area contributed by atoms with E-state index in [1.54, 1.807) is 5.48 Å². The number of alkyl halides is 3. The maximum Gasteiger partial charge on any atom is 0.416 e. The predicted molar refractivity (Wildman–Crippen MR) is 62.1 cm³/mol. The highest BCUT2D eigenvalue weighted by Gasteiger charge is 2.30. The molecule has 96 valence electrons. The fourth-order valence-electron chi connectivity index (χ4n) is 1.36. The highest BCUT2D eigenvalue weighted by Crippen LogP contribution is 2.32. The van der Waals surface area contributed by atoms with Gasteiger partial charge in [0.1, 0.15) is 0 Å². The largest absolute Gasteiger partial charge is 0.416 e. The molecule has 0 amide bonds. The van der Waals surface area contributed by atoms with E-state index in [9.17, 15) is 13.2 Å². The van der Waals surface area contributed by atoms with Crippen LogP contribution in [0.3, 0.4) is 0 Å². The van der Waals surface area contributed by atoms with E-state index < -0.39 is 11.7 Å². The molecular weight excluding hydrogens is 253 g/mol. The van der Waals surface area contributed by atoms with Crippen molar-refractivity contribution in [2.75, 3.05) is 18.3 Å². The molecule has 0 atom stereocenters. The van der Waals surface area contributed by atoms with Crippen LogP contribution in [0.2, 0.25) is 0 Å². The molecule has 0 spiro atoms. The molecule has 1 aromatic carbocycles. The van der Waals surface area contributed by atoms with E-state index in [0.717, 1.165) is 12.1 Å². The summed E-state index contributed by atoms with van der Waals surface area (Å²) in [5, 5.41) is 8.82. The number of halogens is 3. The van der Waals surface area contributed by atoms with Gasteiger partial charge in [-0.25, -0.2) is 0 Å². The van der Waals surface area contributed by atoms with Crippen LogP contribution in [0, 0.1) is 0 Å². The van der Waals surface area contributed by atoms with Gasteiger partial charge in [0.15, 0.2) is 0 Å². The standard InChI is InChI=1S/C10H13F3N2OS/c1-17-14-5-4-7-2-3-8(10(11,12)13)6-9(7)15-16/h2-3,6,14-16H,4-5H2,1H3. The smallest absolute Gasteiger partial charge is 0.291 e. The molecule has 0 saturated heterocycles. The summed E-state index contributed by atoms with van der Waals surface area (Å²) >= 11 is 1.43. The van der Waals surface area contributed by atoms with Gasteiger partial charge in [0.2, 0.25) is 0 Å². The third-order valence-electron chi connectivity index (χ3n) is 2.20. The summed E-state index contributed by atoms with van der Waals surface area (Å²) in [5.74, 6) is 0. The maximum atomic E-state index is 12.4. The summed E-state index contributed by atoms with van der Waals surface area (Å²) in [4.78, 5) is 0. The van der Waals surface area contributed by atoms with Crippen LogP contribution in [0.25, 0.3) is 0 Å². The normalized spacial score (nSPS) is 11.6. The second kappa shape index (κ2) is 6.13. The van der Waals surface area contributed by atoms with E-state index in [2.05, 4.69) is 4.72 Å². The Kier molecular flexibility index (Phi) is 5.10. The highest BCUT2D eigenvalue weighted by molar-refractivity contribution is 7.96. The minimum Gasteiger partial charge on any atom is -0.291 e. The zero-order valence-corrected chi connectivity index (χ0v) is 9.95. The second-order valence-corrected chi connectivity index (χ2v) is 4.03. The first-order valence-corrected chi connectivity index (χ1v) is 6.07. The lowest BCUT2D eigenvalue weighted by Gasteiger charge is -2.12. The number of hydrogen-bond donors (Lipinski definition) is 3. The van der Waals surface area contributed by atoms with Gasteiger partial charge >= 0.3 is 6.18 Å². The molecule has 0 saturated carbocycles. The molecule has 17 heavy (non-hydrogen) atoms. The van der Waals surface area contributed by atoms with Crippen molar-refractivity contribution in [2.24, 2.45) is 0 Å². The molecule has 0 fully saturated rings. The van der Waals surface area contributed by atoms with E-state index in [-0.39, 0.29) is 5.69 Å². The molecular formula is C10H13F3N2OS. The molecule has 0 aliphatic carbocycles. The Labute approximate surface area is 101 Å². The summed E-state index contributed by atoms with van der Waals surface area (Å²) in [6.45, 7) is 0.612. The average molecular weight is 266 g/mol. The van der Waals surface area contributed by atoms with E-state index in [0.29, 0.717) is 18.5 Å². The lowest BCUT2D eigenvalue weighted by molar-refractivity contribution is -0.137. The van der Waals surface area contributed by atoms with Gasteiger partial charge in [-0.3, -0.25) is 15.4 Å². The Hall–Kier alpha value is -0.920. The summed E-state index contributed by atoms with van der Waals surface area (Å²) in [6, 6.07) is 3.27. The number of hydrogen-bond acceptors (Lipinski definition) is 4. The summed E-state index contributed by atoms with van der Waals surface area (Å²) in [6.07, 6.45) is -2.01. The maximum absolute atomic E-state index is 12.4. The number of benzene rings is 1. The SMILES string of the molecule is CSNCCc1ccc(C(F)(F)F)cc1NO.